The molecular weight excluding hydrogens is 780 g/mol. The smallest absolute Gasteiger partial charge is 0.462 e. The van der Waals surface area contributed by atoms with Crippen LogP contribution in [0.4, 0.5) is 0 Å². The Morgan fingerprint density at radius 1 is 0.483 bits per heavy atom. The average molecular weight is 875 g/mol. The van der Waals surface area contributed by atoms with Crippen molar-refractivity contribution in [1.82, 2.24) is 0 Å². The second kappa shape index (κ2) is 45.7. The maximum atomic E-state index is 12.7. The summed E-state index contributed by atoms with van der Waals surface area (Å²) in [6.45, 7) is 2.41. The van der Waals surface area contributed by atoms with Crippen LogP contribution in [-0.2, 0) is 32.7 Å². The fraction of sp³-hybridized carbons (Fsp3) is 0.918. The van der Waals surface area contributed by atoms with Crippen LogP contribution in [0.1, 0.15) is 251 Å². The Hall–Kier alpha value is -1.29. The minimum absolute atomic E-state index is 0.187. The molecule has 0 bridgehead atoms. The van der Waals surface area contributed by atoms with Gasteiger partial charge in [0.05, 0.1) is 19.8 Å². The lowest BCUT2D eigenvalue weighted by Gasteiger charge is -2.20. The van der Waals surface area contributed by atoms with Gasteiger partial charge in [0.25, 0.3) is 0 Å². The predicted octanol–water partition coefficient (Wildman–Crippen LogP) is 14.0. The minimum atomic E-state index is -4.62. The summed E-state index contributed by atoms with van der Waals surface area (Å²) in [5.41, 5.74) is 0. The van der Waals surface area contributed by atoms with Crippen LogP contribution in [0.15, 0.2) is 12.2 Å². The first-order valence-electron chi connectivity index (χ1n) is 25.1. The monoisotopic (exact) mass is 875 g/mol. The third-order valence-corrected chi connectivity index (χ3v) is 12.1. The second-order valence-corrected chi connectivity index (χ2v) is 18.7. The molecular formula is C49H95O10P. The van der Waals surface area contributed by atoms with Crippen molar-refractivity contribution in [2.24, 2.45) is 0 Å². The van der Waals surface area contributed by atoms with E-state index in [1.54, 1.807) is 0 Å². The highest BCUT2D eigenvalue weighted by atomic mass is 31.2. The van der Waals surface area contributed by atoms with Crippen molar-refractivity contribution in [3.63, 3.8) is 0 Å². The van der Waals surface area contributed by atoms with Gasteiger partial charge in [0.2, 0.25) is 0 Å². The van der Waals surface area contributed by atoms with Crippen molar-refractivity contribution in [3.05, 3.63) is 12.2 Å². The summed E-state index contributed by atoms with van der Waals surface area (Å²) >= 11 is 0. The molecule has 3 N–H and O–H groups in total. The first kappa shape index (κ1) is 58.7. The summed E-state index contributed by atoms with van der Waals surface area (Å²) < 4.78 is 32.8. The largest absolute Gasteiger partial charge is 0.472 e. The molecule has 0 aliphatic rings. The van der Waals surface area contributed by atoms with Gasteiger partial charge in [-0.2, -0.15) is 0 Å². The van der Waals surface area contributed by atoms with Gasteiger partial charge >= 0.3 is 19.8 Å². The number of aliphatic hydroxyl groups excluding tert-OH is 2. The van der Waals surface area contributed by atoms with Gasteiger partial charge in [-0.15, -0.1) is 0 Å². The van der Waals surface area contributed by atoms with E-state index in [4.69, 9.17) is 23.6 Å². The number of carbonyl (C=O) groups excluding carboxylic acids is 2. The molecule has 0 aromatic carbocycles. The van der Waals surface area contributed by atoms with Crippen LogP contribution >= 0.6 is 7.82 Å². The Morgan fingerprint density at radius 3 is 1.23 bits per heavy atom. The lowest BCUT2D eigenvalue weighted by Crippen LogP contribution is -2.29. The van der Waals surface area contributed by atoms with Gasteiger partial charge in [0, 0.05) is 12.8 Å². The summed E-state index contributed by atoms with van der Waals surface area (Å²) in [7, 11) is -4.62. The van der Waals surface area contributed by atoms with Crippen molar-refractivity contribution in [1.29, 1.82) is 0 Å². The molecule has 0 saturated carbocycles. The Labute approximate surface area is 368 Å². The number of carbonyl (C=O) groups is 2. The summed E-state index contributed by atoms with van der Waals surface area (Å²) in [6, 6.07) is 0. The molecule has 0 radical (unpaired) electrons. The van der Waals surface area contributed by atoms with Crippen LogP contribution in [0, 0.1) is 0 Å². The molecule has 0 spiro atoms. The summed E-state index contributed by atoms with van der Waals surface area (Å²) in [5, 5.41) is 18.4. The molecule has 10 nitrogen and oxygen atoms in total. The molecule has 0 aromatic rings. The van der Waals surface area contributed by atoms with Crippen molar-refractivity contribution in [2.45, 2.75) is 264 Å². The van der Waals surface area contributed by atoms with E-state index in [9.17, 15) is 24.2 Å². The number of esters is 2. The van der Waals surface area contributed by atoms with Crippen LogP contribution in [-0.4, -0.2) is 65.7 Å². The molecule has 0 aliphatic carbocycles. The summed E-state index contributed by atoms with van der Waals surface area (Å²) in [4.78, 5) is 35.1. The van der Waals surface area contributed by atoms with E-state index < -0.39 is 51.8 Å². The quantitative estimate of drug-likeness (QED) is 0.0233. The Kier molecular flexibility index (Phi) is 44.7. The number of hydrogen-bond donors (Lipinski definition) is 3. The van der Waals surface area contributed by atoms with E-state index in [0.717, 1.165) is 38.5 Å². The van der Waals surface area contributed by atoms with Crippen LogP contribution < -0.4 is 0 Å². The predicted molar refractivity (Wildman–Crippen MR) is 247 cm³/mol. The van der Waals surface area contributed by atoms with Crippen LogP contribution in [0.25, 0.3) is 0 Å². The normalized spacial score (nSPS) is 13.8. The Balaban J connectivity index is 4.15. The van der Waals surface area contributed by atoms with Crippen molar-refractivity contribution in [3.8, 4) is 0 Å². The van der Waals surface area contributed by atoms with E-state index in [-0.39, 0.29) is 19.4 Å². The number of hydrogen-bond acceptors (Lipinski definition) is 9. The fourth-order valence-corrected chi connectivity index (χ4v) is 8.07. The number of phosphoric ester groups is 1. The number of phosphoric acid groups is 1. The maximum absolute atomic E-state index is 12.7. The van der Waals surface area contributed by atoms with Gasteiger partial charge in [0.1, 0.15) is 12.7 Å². The molecule has 0 amide bonds. The summed E-state index contributed by atoms with van der Waals surface area (Å²) in [5.74, 6) is -0.935. The van der Waals surface area contributed by atoms with Gasteiger partial charge in [0.15, 0.2) is 6.10 Å². The fourth-order valence-electron chi connectivity index (χ4n) is 7.28. The minimum Gasteiger partial charge on any atom is -0.462 e. The van der Waals surface area contributed by atoms with Crippen molar-refractivity contribution in [2.75, 3.05) is 26.4 Å². The van der Waals surface area contributed by atoms with E-state index >= 15 is 0 Å². The van der Waals surface area contributed by atoms with E-state index in [1.165, 1.54) is 173 Å². The molecule has 3 atom stereocenters. The van der Waals surface area contributed by atoms with E-state index in [0.29, 0.717) is 12.8 Å². The third-order valence-electron chi connectivity index (χ3n) is 11.2. The topological polar surface area (TPSA) is 149 Å². The molecule has 0 aromatic heterocycles. The zero-order valence-electron chi connectivity index (χ0n) is 38.9. The van der Waals surface area contributed by atoms with E-state index in [1.807, 2.05) is 0 Å². The average Bonchev–Trinajstić information content (AvgIpc) is 3.24. The highest BCUT2D eigenvalue weighted by Gasteiger charge is 2.27. The number of aliphatic hydroxyl groups is 2. The molecule has 60 heavy (non-hydrogen) atoms. The molecule has 0 rings (SSSR count). The summed E-state index contributed by atoms with van der Waals surface area (Å²) in [6.07, 6.45) is 46.2. The Bertz CT molecular complexity index is 1010. The molecule has 0 aliphatic heterocycles. The molecule has 356 valence electrons. The zero-order chi connectivity index (χ0) is 44.0. The highest BCUT2D eigenvalue weighted by molar-refractivity contribution is 7.47. The second-order valence-electron chi connectivity index (χ2n) is 17.2. The van der Waals surface area contributed by atoms with Gasteiger partial charge in [-0.3, -0.25) is 18.6 Å². The third kappa shape index (κ3) is 44.8. The van der Waals surface area contributed by atoms with Gasteiger partial charge in [-0.1, -0.05) is 212 Å². The standard InChI is InChI=1S/C49H95O10P/c1-3-5-7-9-11-13-15-17-19-20-21-22-23-24-25-27-29-31-33-35-37-39-41-49(53)59-47(45-58-60(54,55)57-43-46(51)42-50)44-56-48(52)40-38-36-34-32-30-28-26-18-16-14-12-10-8-6-4-2/h30,32,46-47,50-51H,3-29,31,33-45H2,1-2H3,(H,54,55)/b32-30+/t46-,47+/m0/s1. The lowest BCUT2D eigenvalue weighted by molar-refractivity contribution is -0.161. The molecule has 0 heterocycles. The van der Waals surface area contributed by atoms with Crippen LogP contribution in [0.3, 0.4) is 0 Å². The lowest BCUT2D eigenvalue weighted by atomic mass is 10.0. The molecule has 11 heteroatoms. The SMILES string of the molecule is CCCCCCCCCCC/C=C/CCCCC(=O)OC[C@H](COP(=O)(O)OC[C@@H](O)CO)OC(=O)CCCCCCCCCCCCCCCCCCCCCCCC. The van der Waals surface area contributed by atoms with Crippen LogP contribution in [0.5, 0.6) is 0 Å². The van der Waals surface area contributed by atoms with Crippen molar-refractivity contribution < 1.29 is 47.8 Å². The Morgan fingerprint density at radius 2 is 0.817 bits per heavy atom. The van der Waals surface area contributed by atoms with Crippen LogP contribution in [0.2, 0.25) is 0 Å². The first-order valence-corrected chi connectivity index (χ1v) is 26.6. The molecule has 1 unspecified atom stereocenters. The highest BCUT2D eigenvalue weighted by Crippen LogP contribution is 2.43. The van der Waals surface area contributed by atoms with Gasteiger partial charge < -0.3 is 24.6 Å². The number of allylic oxidation sites excluding steroid dienone is 2. The number of rotatable bonds is 48. The maximum Gasteiger partial charge on any atom is 0.472 e. The van der Waals surface area contributed by atoms with Crippen molar-refractivity contribution >= 4 is 19.8 Å². The molecule has 0 saturated heterocycles. The zero-order valence-corrected chi connectivity index (χ0v) is 39.8. The van der Waals surface area contributed by atoms with Gasteiger partial charge in [-0.05, 0) is 38.5 Å². The van der Waals surface area contributed by atoms with Gasteiger partial charge in [-0.25, -0.2) is 4.57 Å². The van der Waals surface area contributed by atoms with E-state index in [2.05, 4.69) is 26.0 Å². The molecule has 0 fully saturated rings. The number of unbranched alkanes of at least 4 members (excludes halogenated alkanes) is 32. The first-order chi connectivity index (χ1) is 29.2. The number of ether oxygens (including phenoxy) is 2.